The van der Waals surface area contributed by atoms with Crippen molar-refractivity contribution in [2.45, 2.75) is 84.9 Å². The number of carbonyl (C=O) groups is 1. The zero-order valence-corrected chi connectivity index (χ0v) is 25.5. The SMILES string of the molecule is CC(C)Nc1ccc(-c2nnc(-c3cc(F)c(OC[C@H]4[C@@H](C)OC(C)(C)N4C(=O)OC(C)(C)C)cc3Cl)s2)cn1. The number of carbonyl (C=O) groups excluding carboxylic acids is 1. The third-order valence-electron chi connectivity index (χ3n) is 6.05. The summed E-state index contributed by atoms with van der Waals surface area (Å²) in [4.78, 5) is 18.9. The second-order valence-corrected chi connectivity index (χ2v) is 12.8. The summed E-state index contributed by atoms with van der Waals surface area (Å²) < 4.78 is 32.6. The van der Waals surface area contributed by atoms with Crippen molar-refractivity contribution in [3.8, 4) is 26.9 Å². The Hall–Kier alpha value is -3.02. The van der Waals surface area contributed by atoms with Gasteiger partial charge in [0.1, 0.15) is 33.8 Å². The molecule has 2 aromatic heterocycles. The molecule has 1 aliphatic heterocycles. The number of ether oxygens (including phenoxy) is 3. The molecule has 1 fully saturated rings. The maximum absolute atomic E-state index is 15.2. The van der Waals surface area contributed by atoms with Crippen LogP contribution in [0.1, 0.15) is 55.4 Å². The second-order valence-electron chi connectivity index (χ2n) is 11.4. The Morgan fingerprint density at radius 1 is 1.25 bits per heavy atom. The zero-order chi connectivity index (χ0) is 29.4. The van der Waals surface area contributed by atoms with Crippen molar-refractivity contribution in [2.24, 2.45) is 0 Å². The lowest BCUT2D eigenvalue weighted by Gasteiger charge is -2.35. The minimum absolute atomic E-state index is 0.0198. The van der Waals surface area contributed by atoms with Gasteiger partial charge in [0.05, 0.1) is 17.2 Å². The number of amides is 1. The van der Waals surface area contributed by atoms with Gasteiger partial charge >= 0.3 is 6.09 Å². The number of aromatic nitrogens is 3. The molecule has 4 rings (SSSR count). The van der Waals surface area contributed by atoms with Crippen molar-refractivity contribution >= 4 is 34.8 Å². The van der Waals surface area contributed by atoms with Crippen LogP contribution in [0.3, 0.4) is 0 Å². The molecule has 1 aliphatic rings. The highest BCUT2D eigenvalue weighted by atomic mass is 35.5. The van der Waals surface area contributed by atoms with E-state index in [4.69, 9.17) is 25.8 Å². The van der Waals surface area contributed by atoms with Gasteiger partial charge in [0.25, 0.3) is 0 Å². The first kappa shape index (κ1) is 30.0. The fourth-order valence-electron chi connectivity index (χ4n) is 4.40. The van der Waals surface area contributed by atoms with Crippen molar-refractivity contribution in [3.63, 3.8) is 0 Å². The summed E-state index contributed by atoms with van der Waals surface area (Å²) in [5.41, 5.74) is -0.419. The number of rotatable bonds is 7. The average Bonchev–Trinajstić information content (AvgIpc) is 3.40. The lowest BCUT2D eigenvalue weighted by molar-refractivity contribution is -0.0760. The molecule has 2 atom stereocenters. The normalized spacial score (nSPS) is 18.7. The Balaban J connectivity index is 1.50. The quantitative estimate of drug-likeness (QED) is 0.313. The monoisotopic (exact) mass is 591 g/mol. The van der Waals surface area contributed by atoms with Gasteiger partial charge in [0.15, 0.2) is 11.6 Å². The van der Waals surface area contributed by atoms with E-state index in [0.29, 0.717) is 15.6 Å². The predicted octanol–water partition coefficient (Wildman–Crippen LogP) is 7.02. The molecule has 9 nitrogen and oxygen atoms in total. The van der Waals surface area contributed by atoms with Crippen molar-refractivity contribution in [1.29, 1.82) is 0 Å². The van der Waals surface area contributed by atoms with Crippen LogP contribution in [-0.4, -0.2) is 62.3 Å². The van der Waals surface area contributed by atoms with E-state index in [1.54, 1.807) is 40.8 Å². The fourth-order valence-corrected chi connectivity index (χ4v) is 5.57. The molecule has 1 amide bonds. The van der Waals surface area contributed by atoms with Crippen LogP contribution in [0.4, 0.5) is 15.0 Å². The minimum atomic E-state index is -0.924. The van der Waals surface area contributed by atoms with E-state index in [1.807, 2.05) is 32.9 Å². The summed E-state index contributed by atoms with van der Waals surface area (Å²) in [7, 11) is 0. The first-order chi connectivity index (χ1) is 18.6. The lowest BCUT2D eigenvalue weighted by atomic mass is 10.1. The molecule has 1 N–H and O–H groups in total. The van der Waals surface area contributed by atoms with Crippen molar-refractivity contribution < 1.29 is 23.4 Å². The molecule has 3 heterocycles. The molecule has 3 aromatic rings. The smallest absolute Gasteiger partial charge is 0.413 e. The third kappa shape index (κ3) is 6.82. The topological polar surface area (TPSA) is 98.7 Å². The largest absolute Gasteiger partial charge is 0.488 e. The van der Waals surface area contributed by atoms with Gasteiger partial charge in [-0.25, -0.2) is 14.2 Å². The molecule has 0 unspecified atom stereocenters. The van der Waals surface area contributed by atoms with Gasteiger partial charge in [-0.3, -0.25) is 4.90 Å². The number of hydrogen-bond donors (Lipinski definition) is 1. The Morgan fingerprint density at radius 3 is 2.58 bits per heavy atom. The van der Waals surface area contributed by atoms with Gasteiger partial charge in [0, 0.05) is 29.4 Å². The van der Waals surface area contributed by atoms with E-state index in [9.17, 15) is 4.79 Å². The standard InChI is InChI=1S/C28H35ClFN5O4S/c1-15(2)32-23-10-9-17(13-31-23)24-33-34-25(40-24)18-11-20(30)22(12-19(18)29)37-14-21-16(3)38-28(7,8)35(21)26(36)39-27(4,5)6/h9-13,15-16,21H,14H2,1-8H3,(H,31,32)/t16-,21+/m1/s1. The number of benzene rings is 1. The lowest BCUT2D eigenvalue weighted by Crippen LogP contribution is -2.52. The summed E-state index contributed by atoms with van der Waals surface area (Å²) in [6, 6.07) is 6.21. The number of nitrogens with one attached hydrogen (secondary N) is 1. The Kier molecular flexibility index (Phi) is 8.58. The highest BCUT2D eigenvalue weighted by Crippen LogP contribution is 2.38. The third-order valence-corrected chi connectivity index (χ3v) is 7.37. The maximum Gasteiger partial charge on any atom is 0.413 e. The van der Waals surface area contributed by atoms with Crippen LogP contribution in [0.15, 0.2) is 30.5 Å². The Bertz CT molecular complexity index is 1360. The van der Waals surface area contributed by atoms with E-state index in [0.717, 1.165) is 11.4 Å². The first-order valence-electron chi connectivity index (χ1n) is 13.0. The zero-order valence-electron chi connectivity index (χ0n) is 23.9. The van der Waals surface area contributed by atoms with Crippen LogP contribution in [0, 0.1) is 5.82 Å². The van der Waals surface area contributed by atoms with Crippen molar-refractivity contribution in [2.75, 3.05) is 11.9 Å². The van der Waals surface area contributed by atoms with Crippen LogP contribution >= 0.6 is 22.9 Å². The van der Waals surface area contributed by atoms with Crippen LogP contribution in [0.2, 0.25) is 5.02 Å². The molecule has 12 heteroatoms. The minimum Gasteiger partial charge on any atom is -0.488 e. The average molecular weight is 592 g/mol. The van der Waals surface area contributed by atoms with E-state index < -0.39 is 29.3 Å². The van der Waals surface area contributed by atoms with E-state index >= 15 is 4.39 Å². The van der Waals surface area contributed by atoms with Crippen LogP contribution < -0.4 is 10.1 Å². The summed E-state index contributed by atoms with van der Waals surface area (Å²) in [5, 5.41) is 13.1. The first-order valence-corrected chi connectivity index (χ1v) is 14.2. The molecule has 0 aliphatic carbocycles. The fraction of sp³-hybridized carbons (Fsp3) is 0.500. The second kappa shape index (κ2) is 11.5. The summed E-state index contributed by atoms with van der Waals surface area (Å²) >= 11 is 7.82. The molecule has 1 saturated heterocycles. The number of halogens is 2. The van der Waals surface area contributed by atoms with Crippen LogP contribution in [0.25, 0.3) is 21.1 Å². The van der Waals surface area contributed by atoms with Crippen LogP contribution in [-0.2, 0) is 9.47 Å². The van der Waals surface area contributed by atoms with Crippen molar-refractivity contribution in [3.05, 3.63) is 41.3 Å². The molecule has 0 spiro atoms. The number of pyridine rings is 1. The maximum atomic E-state index is 15.2. The number of anilines is 1. The van der Waals surface area contributed by atoms with Gasteiger partial charge < -0.3 is 19.5 Å². The Morgan fingerprint density at radius 2 is 1.95 bits per heavy atom. The molecular weight excluding hydrogens is 557 g/mol. The highest BCUT2D eigenvalue weighted by molar-refractivity contribution is 7.18. The van der Waals surface area contributed by atoms with E-state index in [1.165, 1.54) is 28.4 Å². The number of hydrogen-bond acceptors (Lipinski definition) is 9. The molecule has 40 heavy (non-hydrogen) atoms. The van der Waals surface area contributed by atoms with Gasteiger partial charge in [-0.2, -0.15) is 0 Å². The van der Waals surface area contributed by atoms with E-state index in [2.05, 4.69) is 20.5 Å². The van der Waals surface area contributed by atoms with E-state index in [-0.39, 0.29) is 29.5 Å². The molecule has 1 aromatic carbocycles. The summed E-state index contributed by atoms with van der Waals surface area (Å²) in [5.74, 6) is 0.106. The number of nitrogens with zero attached hydrogens (tertiary/aromatic N) is 4. The highest BCUT2D eigenvalue weighted by Gasteiger charge is 2.50. The molecule has 0 radical (unpaired) electrons. The van der Waals surface area contributed by atoms with Gasteiger partial charge in [0.2, 0.25) is 0 Å². The van der Waals surface area contributed by atoms with Gasteiger partial charge in [-0.1, -0.05) is 22.9 Å². The molecule has 0 bridgehead atoms. The van der Waals surface area contributed by atoms with Gasteiger partial charge in [-0.15, -0.1) is 10.2 Å². The molecule has 0 saturated carbocycles. The summed E-state index contributed by atoms with van der Waals surface area (Å²) in [6.45, 7) is 14.8. The molecule has 216 valence electrons. The van der Waals surface area contributed by atoms with Gasteiger partial charge in [-0.05, 0) is 73.6 Å². The summed E-state index contributed by atoms with van der Waals surface area (Å²) in [6.07, 6.45) is 0.811. The van der Waals surface area contributed by atoms with Crippen LogP contribution in [0.5, 0.6) is 5.75 Å². The predicted molar refractivity (Wildman–Crippen MR) is 154 cm³/mol. The van der Waals surface area contributed by atoms with Crippen molar-refractivity contribution in [1.82, 2.24) is 20.1 Å². The molecular formula is C28H35ClFN5O4S. The Labute approximate surface area is 243 Å².